The second-order valence-corrected chi connectivity index (χ2v) is 6.76. The van der Waals surface area contributed by atoms with Crippen LogP contribution in [0.15, 0.2) is 54.9 Å². The summed E-state index contributed by atoms with van der Waals surface area (Å²) >= 11 is 0. The number of fused-ring (bicyclic) bond motifs is 1. The first-order valence-corrected chi connectivity index (χ1v) is 9.00. The molecule has 152 valence electrons. The van der Waals surface area contributed by atoms with Gasteiger partial charge in [0.05, 0.1) is 17.0 Å². The molecule has 0 radical (unpaired) electrons. The van der Waals surface area contributed by atoms with Gasteiger partial charge in [-0.15, -0.1) is 0 Å². The van der Waals surface area contributed by atoms with Crippen molar-refractivity contribution in [1.82, 2.24) is 19.6 Å². The van der Waals surface area contributed by atoms with Crippen LogP contribution in [0.2, 0.25) is 0 Å². The van der Waals surface area contributed by atoms with E-state index >= 15 is 0 Å². The molecule has 4 aromatic rings. The largest absolute Gasteiger partial charge is 0.417 e. The highest BCUT2D eigenvalue weighted by Crippen LogP contribution is 2.36. The highest BCUT2D eigenvalue weighted by molar-refractivity contribution is 6.08. The molecule has 0 unspecified atom stereocenters. The van der Waals surface area contributed by atoms with Gasteiger partial charge < -0.3 is 5.32 Å². The van der Waals surface area contributed by atoms with Crippen LogP contribution in [0.25, 0.3) is 16.9 Å². The van der Waals surface area contributed by atoms with E-state index < -0.39 is 17.6 Å². The molecule has 1 aromatic carbocycles. The first kappa shape index (κ1) is 19.6. The van der Waals surface area contributed by atoms with E-state index in [1.165, 1.54) is 35.0 Å². The van der Waals surface area contributed by atoms with Crippen LogP contribution >= 0.6 is 0 Å². The monoisotopic (exact) mass is 411 g/mol. The van der Waals surface area contributed by atoms with E-state index in [9.17, 15) is 18.0 Å². The molecule has 3 heterocycles. The van der Waals surface area contributed by atoms with Gasteiger partial charge in [-0.05, 0) is 43.7 Å². The number of benzene rings is 1. The molecule has 1 N–H and O–H groups in total. The second-order valence-electron chi connectivity index (χ2n) is 6.76. The van der Waals surface area contributed by atoms with Crippen molar-refractivity contribution in [3.05, 3.63) is 77.2 Å². The molecule has 4 rings (SSSR count). The molecule has 6 nitrogen and oxygen atoms in total. The van der Waals surface area contributed by atoms with Crippen LogP contribution in [0.4, 0.5) is 19.0 Å². The van der Waals surface area contributed by atoms with Gasteiger partial charge >= 0.3 is 6.18 Å². The summed E-state index contributed by atoms with van der Waals surface area (Å²) in [6.45, 7) is 3.50. The number of hydrogen-bond donors (Lipinski definition) is 1. The van der Waals surface area contributed by atoms with Crippen LogP contribution < -0.4 is 5.32 Å². The van der Waals surface area contributed by atoms with Gasteiger partial charge in [0.15, 0.2) is 5.65 Å². The number of rotatable bonds is 3. The average Bonchev–Trinajstić information content (AvgIpc) is 3.02. The second kappa shape index (κ2) is 7.25. The third-order valence-corrected chi connectivity index (χ3v) is 4.55. The summed E-state index contributed by atoms with van der Waals surface area (Å²) in [6.07, 6.45) is -1.48. The SMILES string of the molecule is Cc1ccnc(NC(=O)c2c(C)nn3ccc(-c4ccccc4C(F)(F)F)nc23)c1. The molecule has 0 bridgehead atoms. The van der Waals surface area contributed by atoms with Crippen LogP contribution in [0, 0.1) is 13.8 Å². The quantitative estimate of drug-likeness (QED) is 0.531. The number of nitrogens with zero attached hydrogens (tertiary/aromatic N) is 4. The fourth-order valence-electron chi connectivity index (χ4n) is 3.19. The molecular weight excluding hydrogens is 395 g/mol. The van der Waals surface area contributed by atoms with E-state index in [4.69, 9.17) is 0 Å². The Labute approximate surface area is 169 Å². The van der Waals surface area contributed by atoms with Crippen molar-refractivity contribution in [2.75, 3.05) is 5.32 Å². The topological polar surface area (TPSA) is 72.2 Å². The maximum absolute atomic E-state index is 13.4. The molecule has 0 aliphatic heterocycles. The number of aromatic nitrogens is 4. The molecule has 0 spiro atoms. The van der Waals surface area contributed by atoms with Crippen LogP contribution in [0.3, 0.4) is 0 Å². The number of halogens is 3. The van der Waals surface area contributed by atoms with Crippen molar-refractivity contribution in [3.63, 3.8) is 0 Å². The van der Waals surface area contributed by atoms with E-state index in [2.05, 4.69) is 20.4 Å². The zero-order chi connectivity index (χ0) is 21.5. The number of carbonyl (C=O) groups is 1. The summed E-state index contributed by atoms with van der Waals surface area (Å²) in [7, 11) is 0. The first-order chi connectivity index (χ1) is 14.2. The van der Waals surface area contributed by atoms with Gasteiger partial charge in [-0.25, -0.2) is 14.5 Å². The van der Waals surface area contributed by atoms with Crippen molar-refractivity contribution in [3.8, 4) is 11.3 Å². The van der Waals surface area contributed by atoms with Gasteiger partial charge in [0.2, 0.25) is 0 Å². The average molecular weight is 411 g/mol. The highest BCUT2D eigenvalue weighted by atomic mass is 19.4. The van der Waals surface area contributed by atoms with E-state index in [0.29, 0.717) is 11.5 Å². The molecule has 0 fully saturated rings. The molecule has 0 aliphatic rings. The smallest absolute Gasteiger partial charge is 0.306 e. The lowest BCUT2D eigenvalue weighted by atomic mass is 10.0. The van der Waals surface area contributed by atoms with Gasteiger partial charge in [-0.1, -0.05) is 18.2 Å². The van der Waals surface area contributed by atoms with Gasteiger partial charge in [0.25, 0.3) is 5.91 Å². The van der Waals surface area contributed by atoms with Crippen LogP contribution in [-0.4, -0.2) is 25.5 Å². The molecule has 30 heavy (non-hydrogen) atoms. The predicted molar refractivity (Wildman–Crippen MR) is 105 cm³/mol. The Balaban J connectivity index is 1.80. The van der Waals surface area contributed by atoms with Crippen LogP contribution in [0.5, 0.6) is 0 Å². The molecule has 0 atom stereocenters. The van der Waals surface area contributed by atoms with E-state index in [-0.39, 0.29) is 22.5 Å². The fourth-order valence-corrected chi connectivity index (χ4v) is 3.19. The Bertz CT molecular complexity index is 1260. The summed E-state index contributed by atoms with van der Waals surface area (Å²) in [6, 6.07) is 10.1. The molecule has 0 saturated heterocycles. The zero-order valence-corrected chi connectivity index (χ0v) is 16.0. The van der Waals surface area contributed by atoms with Crippen molar-refractivity contribution in [1.29, 1.82) is 0 Å². The van der Waals surface area contributed by atoms with E-state index in [1.807, 2.05) is 6.92 Å². The Hall–Kier alpha value is -3.75. The molecule has 1 amide bonds. The maximum Gasteiger partial charge on any atom is 0.417 e. The zero-order valence-electron chi connectivity index (χ0n) is 16.0. The number of carbonyl (C=O) groups excluding carboxylic acids is 1. The molecule has 9 heteroatoms. The third kappa shape index (κ3) is 3.61. The summed E-state index contributed by atoms with van der Waals surface area (Å²) in [5.74, 6) is -0.133. The number of hydrogen-bond acceptors (Lipinski definition) is 4. The Kier molecular flexibility index (Phi) is 4.73. The maximum atomic E-state index is 13.4. The van der Waals surface area contributed by atoms with Crippen molar-refractivity contribution in [2.45, 2.75) is 20.0 Å². The summed E-state index contributed by atoms with van der Waals surface area (Å²) in [4.78, 5) is 21.3. The number of amides is 1. The Morgan fingerprint density at radius 3 is 2.60 bits per heavy atom. The van der Waals surface area contributed by atoms with Crippen molar-refractivity contribution < 1.29 is 18.0 Å². The lowest BCUT2D eigenvalue weighted by Crippen LogP contribution is -2.14. The minimum atomic E-state index is -4.53. The minimum absolute atomic E-state index is 0.0712. The Morgan fingerprint density at radius 1 is 1.10 bits per heavy atom. The summed E-state index contributed by atoms with van der Waals surface area (Å²) < 4.78 is 41.6. The molecule has 3 aromatic heterocycles. The number of nitrogens with one attached hydrogen (secondary N) is 1. The summed E-state index contributed by atoms with van der Waals surface area (Å²) in [5.41, 5.74) is 0.871. The fraction of sp³-hybridized carbons (Fsp3) is 0.143. The predicted octanol–water partition coefficient (Wildman–Crippen LogP) is 4.68. The lowest BCUT2D eigenvalue weighted by molar-refractivity contribution is -0.137. The molecule has 0 aliphatic carbocycles. The Morgan fingerprint density at radius 2 is 1.87 bits per heavy atom. The van der Waals surface area contributed by atoms with E-state index in [0.717, 1.165) is 11.6 Å². The number of alkyl halides is 3. The lowest BCUT2D eigenvalue weighted by Gasteiger charge is -2.12. The van der Waals surface area contributed by atoms with Gasteiger partial charge in [0.1, 0.15) is 11.4 Å². The van der Waals surface area contributed by atoms with Gasteiger partial charge in [-0.3, -0.25) is 4.79 Å². The van der Waals surface area contributed by atoms with Crippen molar-refractivity contribution in [2.24, 2.45) is 0 Å². The van der Waals surface area contributed by atoms with Gasteiger partial charge in [-0.2, -0.15) is 18.3 Å². The highest BCUT2D eigenvalue weighted by Gasteiger charge is 2.33. The number of aryl methyl sites for hydroxylation is 2. The number of anilines is 1. The van der Waals surface area contributed by atoms with E-state index in [1.54, 1.807) is 25.3 Å². The number of pyridine rings is 1. The molecule has 0 saturated carbocycles. The van der Waals surface area contributed by atoms with Crippen molar-refractivity contribution >= 4 is 17.4 Å². The third-order valence-electron chi connectivity index (χ3n) is 4.55. The first-order valence-electron chi connectivity index (χ1n) is 9.00. The summed E-state index contributed by atoms with van der Waals surface area (Å²) in [5, 5.41) is 6.94. The standard InChI is InChI=1S/C21H16F3N5O/c1-12-7-9-25-17(11-12)27-20(30)18-13(2)28-29-10-8-16(26-19(18)29)14-5-3-4-6-15(14)21(22,23)24/h3-11H,1-2H3,(H,25,27,30). The molecular formula is C21H16F3N5O. The van der Waals surface area contributed by atoms with Gasteiger partial charge in [0, 0.05) is 18.0 Å². The normalized spacial score (nSPS) is 11.6. The van der Waals surface area contributed by atoms with Crippen LogP contribution in [0.1, 0.15) is 27.2 Å². The van der Waals surface area contributed by atoms with Crippen LogP contribution in [-0.2, 0) is 6.18 Å². The minimum Gasteiger partial charge on any atom is -0.306 e.